The van der Waals surface area contributed by atoms with E-state index in [-0.39, 0.29) is 26.2 Å². The van der Waals surface area contributed by atoms with Crippen molar-refractivity contribution in [3.05, 3.63) is 84.4 Å². The van der Waals surface area contributed by atoms with Crippen LogP contribution in [-0.4, -0.2) is 0 Å². The standard InChI is InChI=1S/C10H9.C9H7.Zr/c1-8-6-9-4-2-3-5-10(9)7-8;1-2-5-9-7-3-6-8(9)4-1;/h2-7H,1H3;1-7H;/q2*-1;+2. The van der Waals surface area contributed by atoms with Crippen molar-refractivity contribution in [1.29, 1.82) is 0 Å². The first-order valence-corrected chi connectivity index (χ1v) is 6.55. The molecule has 0 atom stereocenters. The zero-order valence-corrected chi connectivity index (χ0v) is 14.0. The van der Waals surface area contributed by atoms with Crippen LogP contribution in [0.15, 0.2) is 78.9 Å². The molecule has 0 saturated heterocycles. The number of benzene rings is 2. The Morgan fingerprint density at radius 2 is 1.40 bits per heavy atom. The van der Waals surface area contributed by atoms with E-state index in [1.807, 2.05) is 0 Å². The van der Waals surface area contributed by atoms with Crippen LogP contribution in [0, 0.1) is 6.92 Å². The van der Waals surface area contributed by atoms with Gasteiger partial charge in [-0.2, -0.15) is 23.6 Å². The van der Waals surface area contributed by atoms with E-state index < -0.39 is 0 Å². The molecule has 0 unspecified atom stereocenters. The molecule has 4 rings (SSSR count). The smallest absolute Gasteiger partial charge is 0.168 e. The Morgan fingerprint density at radius 3 is 2.10 bits per heavy atom. The van der Waals surface area contributed by atoms with Gasteiger partial charge in [0, 0.05) is 0 Å². The van der Waals surface area contributed by atoms with E-state index in [2.05, 4.69) is 85.8 Å². The van der Waals surface area contributed by atoms with E-state index in [0.29, 0.717) is 0 Å². The van der Waals surface area contributed by atoms with Gasteiger partial charge in [-0.05, 0) is 0 Å². The molecule has 1 heteroatoms. The summed E-state index contributed by atoms with van der Waals surface area (Å²) in [4.78, 5) is 0. The van der Waals surface area contributed by atoms with E-state index in [1.165, 1.54) is 27.1 Å². The average Bonchev–Trinajstić information content (AvgIpc) is 3.03. The molecule has 0 aliphatic heterocycles. The minimum absolute atomic E-state index is 0. The maximum atomic E-state index is 2.20. The van der Waals surface area contributed by atoms with Crippen LogP contribution >= 0.6 is 0 Å². The summed E-state index contributed by atoms with van der Waals surface area (Å²) in [6, 6.07) is 27.5. The van der Waals surface area contributed by atoms with Crippen molar-refractivity contribution in [2.24, 2.45) is 0 Å². The molecule has 0 N–H and O–H groups in total. The van der Waals surface area contributed by atoms with Gasteiger partial charge in [0.2, 0.25) is 0 Å². The Kier molecular flexibility index (Phi) is 5.09. The molecule has 0 aromatic heterocycles. The zero-order valence-electron chi connectivity index (χ0n) is 11.5. The van der Waals surface area contributed by atoms with E-state index in [4.69, 9.17) is 0 Å². The predicted molar refractivity (Wildman–Crippen MR) is 83.8 cm³/mol. The van der Waals surface area contributed by atoms with Gasteiger partial charge >= 0.3 is 26.2 Å². The quantitative estimate of drug-likeness (QED) is 0.376. The fourth-order valence-electron chi connectivity index (χ4n) is 2.38. The first kappa shape index (κ1) is 14.9. The van der Waals surface area contributed by atoms with Crippen LogP contribution in [0.4, 0.5) is 0 Å². The first-order valence-electron chi connectivity index (χ1n) is 6.55. The predicted octanol–water partition coefficient (Wildman–Crippen LogP) is 5.42. The van der Waals surface area contributed by atoms with Crippen molar-refractivity contribution in [1.82, 2.24) is 0 Å². The molecule has 4 aromatic rings. The number of hydrogen-bond acceptors (Lipinski definition) is 0. The van der Waals surface area contributed by atoms with Crippen molar-refractivity contribution in [3.8, 4) is 0 Å². The molecular formula is C19H16Zr. The zero-order chi connectivity index (χ0) is 13.1. The molecule has 0 nitrogen and oxygen atoms in total. The molecule has 0 aliphatic carbocycles. The van der Waals surface area contributed by atoms with E-state index in [1.54, 1.807) is 0 Å². The fourth-order valence-corrected chi connectivity index (χ4v) is 2.38. The molecular weight excluding hydrogens is 319 g/mol. The van der Waals surface area contributed by atoms with Gasteiger partial charge in [0.05, 0.1) is 0 Å². The van der Waals surface area contributed by atoms with Crippen LogP contribution in [0.25, 0.3) is 21.5 Å². The van der Waals surface area contributed by atoms with Gasteiger partial charge in [-0.15, -0.1) is 70.3 Å². The van der Waals surface area contributed by atoms with Crippen LogP contribution < -0.4 is 0 Å². The Hall–Kier alpha value is -1.46. The molecule has 0 saturated carbocycles. The summed E-state index contributed by atoms with van der Waals surface area (Å²) in [5.41, 5.74) is 1.35. The molecule has 0 bridgehead atoms. The molecule has 4 aromatic carbocycles. The van der Waals surface area contributed by atoms with E-state index in [9.17, 15) is 0 Å². The summed E-state index contributed by atoms with van der Waals surface area (Å²) in [6.45, 7) is 2.12. The van der Waals surface area contributed by atoms with Crippen molar-refractivity contribution in [3.63, 3.8) is 0 Å². The molecule has 96 valence electrons. The molecule has 0 fully saturated rings. The second-order valence-electron chi connectivity index (χ2n) is 4.82. The summed E-state index contributed by atoms with van der Waals surface area (Å²) in [7, 11) is 0. The second kappa shape index (κ2) is 6.81. The normalized spacial score (nSPS) is 9.85. The van der Waals surface area contributed by atoms with Crippen molar-refractivity contribution >= 4 is 21.5 Å². The maximum Gasteiger partial charge on any atom is 2.00 e. The summed E-state index contributed by atoms with van der Waals surface area (Å²) < 4.78 is 0. The maximum absolute atomic E-state index is 2.20. The third kappa shape index (κ3) is 3.35. The fraction of sp³-hybridized carbons (Fsp3) is 0.0526. The molecule has 0 aliphatic rings. The Bertz CT molecular complexity index is 726. The third-order valence-electron chi connectivity index (χ3n) is 3.31. The van der Waals surface area contributed by atoms with Gasteiger partial charge in [0.15, 0.2) is 0 Å². The van der Waals surface area contributed by atoms with Crippen LogP contribution in [0.5, 0.6) is 0 Å². The Labute approximate surface area is 138 Å². The third-order valence-corrected chi connectivity index (χ3v) is 3.31. The minimum Gasteiger partial charge on any atom is -0.168 e. The van der Waals surface area contributed by atoms with E-state index in [0.717, 1.165) is 0 Å². The van der Waals surface area contributed by atoms with Crippen LogP contribution in [-0.2, 0) is 26.2 Å². The average molecular weight is 336 g/mol. The van der Waals surface area contributed by atoms with Crippen molar-refractivity contribution in [2.45, 2.75) is 6.92 Å². The monoisotopic (exact) mass is 334 g/mol. The topological polar surface area (TPSA) is 0 Å². The Balaban J connectivity index is 0.000000141. The summed E-state index contributed by atoms with van der Waals surface area (Å²) in [5, 5.41) is 5.36. The summed E-state index contributed by atoms with van der Waals surface area (Å²) >= 11 is 0. The molecule has 20 heavy (non-hydrogen) atoms. The van der Waals surface area contributed by atoms with Crippen LogP contribution in [0.2, 0.25) is 0 Å². The second-order valence-corrected chi connectivity index (χ2v) is 4.82. The van der Waals surface area contributed by atoms with Crippen molar-refractivity contribution < 1.29 is 26.2 Å². The summed E-state index contributed by atoms with van der Waals surface area (Å²) in [5.74, 6) is 0. The number of aryl methyl sites for hydroxylation is 1. The summed E-state index contributed by atoms with van der Waals surface area (Å²) in [6.07, 6.45) is 0. The van der Waals surface area contributed by atoms with Gasteiger partial charge in [0.1, 0.15) is 0 Å². The Morgan fingerprint density at radius 1 is 0.750 bits per heavy atom. The first-order chi connectivity index (χ1) is 9.33. The number of fused-ring (bicyclic) bond motifs is 2. The van der Waals surface area contributed by atoms with Gasteiger partial charge in [-0.25, -0.2) is 0 Å². The van der Waals surface area contributed by atoms with Gasteiger partial charge in [-0.1, -0.05) is 19.1 Å². The van der Waals surface area contributed by atoms with Crippen LogP contribution in [0.1, 0.15) is 5.56 Å². The molecule has 0 amide bonds. The number of rotatable bonds is 0. The SMILES string of the molecule is Cc1cc2ccccc2[cH-]1.[Zr+2].c1ccc2[cH-]ccc2c1. The van der Waals surface area contributed by atoms with Gasteiger partial charge in [-0.3, -0.25) is 0 Å². The minimum atomic E-state index is 0. The van der Waals surface area contributed by atoms with Gasteiger partial charge in [0.25, 0.3) is 0 Å². The van der Waals surface area contributed by atoms with Gasteiger partial charge < -0.3 is 0 Å². The largest absolute Gasteiger partial charge is 2.00 e. The number of hydrogen-bond donors (Lipinski definition) is 0. The molecule has 0 radical (unpaired) electrons. The molecule has 0 heterocycles. The van der Waals surface area contributed by atoms with Crippen LogP contribution in [0.3, 0.4) is 0 Å². The molecule has 0 spiro atoms. The van der Waals surface area contributed by atoms with E-state index >= 15 is 0 Å². The van der Waals surface area contributed by atoms with Crippen molar-refractivity contribution in [2.75, 3.05) is 0 Å².